The lowest BCUT2D eigenvalue weighted by atomic mass is 10.0. The van der Waals surface area contributed by atoms with Crippen LogP contribution in [-0.4, -0.2) is 41.7 Å². The molecule has 180 valence electrons. The average molecular weight is 549 g/mol. The Balaban J connectivity index is 1.73. The SMILES string of the molecule is CN(Cc1ccccc1-c1cccnc1)c1nc(-c2ccc(S(C)(=O)=O)cc2)nc(C(Cl)(Cl)Cl)n1. The third kappa shape index (κ3) is 6.08. The smallest absolute Gasteiger partial charge is 0.250 e. The predicted molar refractivity (Wildman–Crippen MR) is 139 cm³/mol. The van der Waals surface area contributed by atoms with Gasteiger partial charge in [-0.05, 0) is 41.5 Å². The summed E-state index contributed by atoms with van der Waals surface area (Å²) >= 11 is 18.4. The zero-order chi connectivity index (χ0) is 25.2. The number of halogens is 3. The van der Waals surface area contributed by atoms with Crippen molar-refractivity contribution >= 4 is 50.6 Å². The minimum Gasteiger partial charge on any atom is -0.339 e. The molecule has 2 aromatic carbocycles. The maximum absolute atomic E-state index is 11.8. The van der Waals surface area contributed by atoms with E-state index in [4.69, 9.17) is 34.8 Å². The van der Waals surface area contributed by atoms with Crippen molar-refractivity contribution in [2.75, 3.05) is 18.2 Å². The van der Waals surface area contributed by atoms with E-state index in [-0.39, 0.29) is 16.5 Å². The first kappa shape index (κ1) is 25.3. The minimum absolute atomic E-state index is 0.0397. The van der Waals surface area contributed by atoms with Gasteiger partial charge in [-0.15, -0.1) is 0 Å². The molecule has 4 aromatic rings. The summed E-state index contributed by atoms with van der Waals surface area (Å²) < 4.78 is 21.7. The molecule has 0 unspecified atom stereocenters. The summed E-state index contributed by atoms with van der Waals surface area (Å²) in [5.41, 5.74) is 3.60. The van der Waals surface area contributed by atoms with Crippen molar-refractivity contribution in [2.45, 2.75) is 15.2 Å². The molecule has 4 rings (SSSR count). The number of rotatable bonds is 6. The van der Waals surface area contributed by atoms with Crippen LogP contribution in [-0.2, 0) is 20.2 Å². The van der Waals surface area contributed by atoms with E-state index >= 15 is 0 Å². The van der Waals surface area contributed by atoms with E-state index in [0.29, 0.717) is 18.1 Å². The highest BCUT2D eigenvalue weighted by Crippen LogP contribution is 2.37. The quantitative estimate of drug-likeness (QED) is 0.295. The highest BCUT2D eigenvalue weighted by atomic mass is 35.6. The number of benzene rings is 2. The lowest BCUT2D eigenvalue weighted by Crippen LogP contribution is -2.22. The Hall–Kier alpha value is -2.78. The fourth-order valence-corrected chi connectivity index (χ4v) is 4.31. The van der Waals surface area contributed by atoms with Crippen molar-refractivity contribution in [1.82, 2.24) is 19.9 Å². The van der Waals surface area contributed by atoms with E-state index in [1.165, 1.54) is 12.1 Å². The zero-order valence-corrected chi connectivity index (χ0v) is 21.8. The van der Waals surface area contributed by atoms with Crippen LogP contribution in [0.3, 0.4) is 0 Å². The Bertz CT molecular complexity index is 1440. The molecule has 35 heavy (non-hydrogen) atoms. The molecule has 0 amide bonds. The fraction of sp³-hybridized carbons (Fsp3) is 0.167. The third-order valence-corrected chi connectivity index (χ3v) is 6.79. The Kier molecular flexibility index (Phi) is 7.28. The first-order valence-electron chi connectivity index (χ1n) is 10.4. The van der Waals surface area contributed by atoms with Gasteiger partial charge in [-0.3, -0.25) is 4.98 Å². The summed E-state index contributed by atoms with van der Waals surface area (Å²) in [6, 6.07) is 18.0. The Morgan fingerprint density at radius 1 is 0.886 bits per heavy atom. The van der Waals surface area contributed by atoms with Gasteiger partial charge < -0.3 is 4.90 Å². The van der Waals surface area contributed by atoms with E-state index in [1.807, 2.05) is 48.3 Å². The van der Waals surface area contributed by atoms with Gasteiger partial charge >= 0.3 is 0 Å². The second-order valence-corrected chi connectivity index (χ2v) is 12.1. The molecule has 11 heteroatoms. The number of sulfone groups is 1. The average Bonchev–Trinajstić information content (AvgIpc) is 2.83. The van der Waals surface area contributed by atoms with Gasteiger partial charge in [0.2, 0.25) is 9.74 Å². The van der Waals surface area contributed by atoms with Crippen LogP contribution in [0.2, 0.25) is 0 Å². The lowest BCUT2D eigenvalue weighted by Gasteiger charge is -2.21. The monoisotopic (exact) mass is 547 g/mol. The number of aromatic nitrogens is 4. The first-order chi connectivity index (χ1) is 16.5. The summed E-state index contributed by atoms with van der Waals surface area (Å²) in [7, 11) is -1.52. The summed E-state index contributed by atoms with van der Waals surface area (Å²) in [4.78, 5) is 19.5. The Morgan fingerprint density at radius 2 is 1.60 bits per heavy atom. The highest BCUT2D eigenvalue weighted by molar-refractivity contribution is 7.90. The predicted octanol–water partition coefficient (Wildman–Crippen LogP) is 5.47. The van der Waals surface area contributed by atoms with E-state index in [2.05, 4.69) is 19.9 Å². The number of nitrogens with zero attached hydrogens (tertiary/aromatic N) is 5. The number of alkyl halides is 3. The maximum atomic E-state index is 11.8. The molecule has 0 radical (unpaired) electrons. The van der Waals surface area contributed by atoms with E-state index in [0.717, 1.165) is 22.9 Å². The van der Waals surface area contributed by atoms with Crippen LogP contribution in [0.15, 0.2) is 78.0 Å². The number of anilines is 1. The molecule has 0 fully saturated rings. The Morgan fingerprint density at radius 3 is 2.23 bits per heavy atom. The molecule has 0 aliphatic carbocycles. The Labute approximate surface area is 218 Å². The zero-order valence-electron chi connectivity index (χ0n) is 18.7. The van der Waals surface area contributed by atoms with Gasteiger partial charge in [0.15, 0.2) is 21.5 Å². The molecule has 0 saturated carbocycles. The topological polar surface area (TPSA) is 88.9 Å². The number of hydrogen-bond donors (Lipinski definition) is 0. The van der Waals surface area contributed by atoms with Crippen LogP contribution in [0.5, 0.6) is 0 Å². The molecule has 0 aliphatic rings. The normalized spacial score (nSPS) is 11.9. The van der Waals surface area contributed by atoms with Gasteiger partial charge in [0.1, 0.15) is 0 Å². The van der Waals surface area contributed by atoms with Crippen molar-refractivity contribution < 1.29 is 8.42 Å². The van der Waals surface area contributed by atoms with Crippen molar-refractivity contribution in [2.24, 2.45) is 0 Å². The van der Waals surface area contributed by atoms with Gasteiger partial charge in [0.05, 0.1) is 4.90 Å². The molecular weight excluding hydrogens is 529 g/mol. The van der Waals surface area contributed by atoms with E-state index < -0.39 is 13.6 Å². The van der Waals surface area contributed by atoms with Crippen LogP contribution >= 0.6 is 34.8 Å². The van der Waals surface area contributed by atoms with Gasteiger partial charge in [0, 0.05) is 43.4 Å². The molecule has 0 saturated heterocycles. The molecule has 0 bridgehead atoms. The summed E-state index contributed by atoms with van der Waals surface area (Å²) in [6.45, 7) is 0.459. The fourth-order valence-electron chi connectivity index (χ4n) is 3.43. The molecule has 0 aliphatic heterocycles. The lowest BCUT2D eigenvalue weighted by molar-refractivity contribution is 0.602. The van der Waals surface area contributed by atoms with Crippen molar-refractivity contribution in [1.29, 1.82) is 0 Å². The summed E-state index contributed by atoms with van der Waals surface area (Å²) in [5, 5.41) is 0. The standard InChI is InChI=1S/C24H20Cl3N5O2S/c1-32(15-18-6-3-4-8-20(18)17-7-5-13-28-14-17)23-30-21(29-22(31-23)24(25,26)27)16-9-11-19(12-10-16)35(2,33)34/h3-14H,15H2,1-2H3. The van der Waals surface area contributed by atoms with Crippen LogP contribution in [0.1, 0.15) is 11.4 Å². The second-order valence-electron chi connectivity index (χ2n) is 7.83. The molecule has 2 heterocycles. The number of pyridine rings is 1. The van der Waals surface area contributed by atoms with E-state index in [1.54, 1.807) is 24.5 Å². The second kappa shape index (κ2) is 10.1. The van der Waals surface area contributed by atoms with Gasteiger partial charge in [-0.1, -0.05) is 65.1 Å². The van der Waals surface area contributed by atoms with Gasteiger partial charge in [-0.25, -0.2) is 13.4 Å². The third-order valence-electron chi connectivity index (χ3n) is 5.16. The maximum Gasteiger partial charge on any atom is 0.250 e. The molecular formula is C24H20Cl3N5O2S. The van der Waals surface area contributed by atoms with Crippen LogP contribution in [0.25, 0.3) is 22.5 Å². The molecule has 0 N–H and O–H groups in total. The summed E-state index contributed by atoms with van der Waals surface area (Å²) in [5.74, 6) is 0.510. The summed E-state index contributed by atoms with van der Waals surface area (Å²) in [6.07, 6.45) is 4.68. The van der Waals surface area contributed by atoms with Gasteiger partial charge in [-0.2, -0.15) is 9.97 Å². The first-order valence-corrected chi connectivity index (χ1v) is 13.4. The molecule has 7 nitrogen and oxygen atoms in total. The molecule has 0 atom stereocenters. The van der Waals surface area contributed by atoms with Crippen molar-refractivity contribution in [3.05, 3.63) is 84.4 Å². The van der Waals surface area contributed by atoms with E-state index in [9.17, 15) is 8.42 Å². The molecule has 2 aromatic heterocycles. The van der Waals surface area contributed by atoms with Crippen molar-refractivity contribution in [3.63, 3.8) is 0 Å². The highest BCUT2D eigenvalue weighted by Gasteiger charge is 2.29. The number of hydrogen-bond acceptors (Lipinski definition) is 7. The van der Waals surface area contributed by atoms with Crippen LogP contribution in [0, 0.1) is 0 Å². The largest absolute Gasteiger partial charge is 0.339 e. The van der Waals surface area contributed by atoms with Crippen LogP contribution in [0.4, 0.5) is 5.95 Å². The minimum atomic E-state index is -3.35. The van der Waals surface area contributed by atoms with Crippen LogP contribution < -0.4 is 4.90 Å². The van der Waals surface area contributed by atoms with Crippen molar-refractivity contribution in [3.8, 4) is 22.5 Å². The van der Waals surface area contributed by atoms with Gasteiger partial charge in [0.25, 0.3) is 0 Å². The molecule has 0 spiro atoms.